The first-order valence-electron chi connectivity index (χ1n) is 47.6. The molecule has 31 aromatic rings. The van der Waals surface area contributed by atoms with Gasteiger partial charge in [0.1, 0.15) is 78.2 Å². The van der Waals surface area contributed by atoms with Gasteiger partial charge in [0.05, 0.1) is 0 Å². The lowest BCUT2D eigenvalue weighted by Gasteiger charge is -2.07. The fourth-order valence-corrected chi connectivity index (χ4v) is 24.1. The minimum absolute atomic E-state index is 0.876. The van der Waals surface area contributed by atoms with Crippen LogP contribution < -0.4 is 0 Å². The van der Waals surface area contributed by atoms with E-state index in [9.17, 15) is 0 Å². The predicted molar refractivity (Wildman–Crippen MR) is 590 cm³/mol. The molecule has 0 atom stereocenters. The normalized spacial score (nSPS) is 12.0. The maximum atomic E-state index is 6.81. The number of hydrogen-bond donors (Lipinski definition) is 0. The molecule has 141 heavy (non-hydrogen) atoms. The fraction of sp³-hybridized carbons (Fsp3) is 0. The average Bonchev–Trinajstić information content (AvgIpc) is 1.60. The molecule has 22 aromatic carbocycles. The Labute approximate surface area is 813 Å². The van der Waals surface area contributed by atoms with Gasteiger partial charge in [0.15, 0.2) is 0 Å². The molecular formula is C132H76O7S2. The molecule has 0 saturated carbocycles. The van der Waals surface area contributed by atoms with Gasteiger partial charge in [0.25, 0.3) is 0 Å². The molecule has 0 aliphatic carbocycles. The molecule has 7 nitrogen and oxygen atoms in total. The third-order valence-electron chi connectivity index (χ3n) is 28.6. The Morgan fingerprint density at radius 1 is 0.113 bits per heavy atom. The van der Waals surface area contributed by atoms with Gasteiger partial charge in [0.2, 0.25) is 0 Å². The van der Waals surface area contributed by atoms with Crippen molar-refractivity contribution in [3.8, 4) is 111 Å². The Bertz CT molecular complexity index is 10300. The summed E-state index contributed by atoms with van der Waals surface area (Å²) in [6, 6.07) is 163. The van der Waals surface area contributed by atoms with Gasteiger partial charge in [-0.15, -0.1) is 22.7 Å². The average molecular weight is 1840 g/mol. The summed E-state index contributed by atoms with van der Waals surface area (Å²) in [6.45, 7) is 0. The summed E-state index contributed by atoms with van der Waals surface area (Å²) in [5.41, 5.74) is 34.9. The number of fused-ring (bicyclic) bond motifs is 27. The molecule has 0 fully saturated rings. The second-order valence-corrected chi connectivity index (χ2v) is 38.6. The second-order valence-electron chi connectivity index (χ2n) is 36.4. The van der Waals surface area contributed by atoms with Crippen molar-refractivity contribution in [1.82, 2.24) is 0 Å². The van der Waals surface area contributed by atoms with E-state index in [1.807, 2.05) is 71.2 Å². The Morgan fingerprint density at radius 2 is 0.348 bits per heavy atom. The molecule has 0 saturated heterocycles. The summed E-state index contributed by atoms with van der Waals surface area (Å²) in [7, 11) is 0. The molecule has 0 unspecified atom stereocenters. The molecule has 9 aromatic heterocycles. The van der Waals surface area contributed by atoms with Crippen molar-refractivity contribution in [1.29, 1.82) is 0 Å². The third kappa shape index (κ3) is 13.1. The Hall–Kier alpha value is -18.1. The van der Waals surface area contributed by atoms with Crippen LogP contribution in [0, 0.1) is 0 Å². The van der Waals surface area contributed by atoms with E-state index in [1.54, 1.807) is 0 Å². The van der Waals surface area contributed by atoms with Crippen LogP contribution >= 0.6 is 22.7 Å². The van der Waals surface area contributed by atoms with Crippen LogP contribution in [0.15, 0.2) is 492 Å². The van der Waals surface area contributed by atoms with Crippen LogP contribution in [-0.4, -0.2) is 0 Å². The molecule has 0 spiro atoms. The van der Waals surface area contributed by atoms with E-state index in [2.05, 4.69) is 413 Å². The highest BCUT2D eigenvalue weighted by Crippen LogP contribution is 2.50. The maximum Gasteiger partial charge on any atom is 0.143 e. The molecular weight excluding hydrogens is 1760 g/mol. The van der Waals surface area contributed by atoms with Crippen molar-refractivity contribution in [2.45, 2.75) is 0 Å². The smallest absolute Gasteiger partial charge is 0.143 e. The quantitative estimate of drug-likeness (QED) is 0.135. The van der Waals surface area contributed by atoms with Crippen LogP contribution in [0.25, 0.3) is 305 Å². The summed E-state index contributed by atoms with van der Waals surface area (Å²) in [5.74, 6) is 0. The zero-order valence-corrected chi connectivity index (χ0v) is 77.2. The van der Waals surface area contributed by atoms with Crippen LogP contribution in [0.4, 0.5) is 0 Å². The molecule has 0 N–H and O–H groups in total. The van der Waals surface area contributed by atoms with Gasteiger partial charge in [-0.2, -0.15) is 0 Å². The molecule has 9 heterocycles. The first-order valence-corrected chi connectivity index (χ1v) is 49.2. The topological polar surface area (TPSA) is 92.0 Å². The van der Waals surface area contributed by atoms with E-state index < -0.39 is 0 Å². The largest absolute Gasteiger partial charge is 0.456 e. The molecule has 0 aliphatic rings. The number of furan rings is 7. The highest BCUT2D eigenvalue weighted by molar-refractivity contribution is 7.26. The lowest BCUT2D eigenvalue weighted by atomic mass is 9.97. The molecule has 31 rings (SSSR count). The number of thiophene rings is 2. The lowest BCUT2D eigenvalue weighted by Crippen LogP contribution is -1.82. The van der Waals surface area contributed by atoms with E-state index in [0.29, 0.717) is 0 Å². The summed E-state index contributed by atoms with van der Waals surface area (Å²) < 4.78 is 51.0. The molecule has 0 radical (unpaired) electrons. The van der Waals surface area contributed by atoms with Gasteiger partial charge in [-0.3, -0.25) is 0 Å². The Balaban J connectivity index is 0.000000102. The number of hydrogen-bond acceptors (Lipinski definition) is 9. The van der Waals surface area contributed by atoms with Crippen LogP contribution in [0.1, 0.15) is 0 Å². The second kappa shape index (κ2) is 32.3. The van der Waals surface area contributed by atoms with Crippen molar-refractivity contribution in [2.75, 3.05) is 0 Å². The maximum absolute atomic E-state index is 6.81. The lowest BCUT2D eigenvalue weighted by molar-refractivity contribution is 0.665. The van der Waals surface area contributed by atoms with Crippen molar-refractivity contribution in [3.63, 3.8) is 0 Å². The highest BCUT2D eigenvalue weighted by atomic mass is 32.1. The Kier molecular flexibility index (Phi) is 18.4. The first-order chi connectivity index (χ1) is 69.9. The Morgan fingerprint density at radius 3 is 0.738 bits per heavy atom. The molecule has 0 bridgehead atoms. The van der Waals surface area contributed by atoms with Gasteiger partial charge in [0, 0.05) is 166 Å². The summed E-state index contributed by atoms with van der Waals surface area (Å²) in [5, 5.41) is 21.0. The van der Waals surface area contributed by atoms with Gasteiger partial charge in [-0.25, -0.2) is 0 Å². The predicted octanol–water partition coefficient (Wildman–Crippen LogP) is 39.8. The number of para-hydroxylation sites is 13. The van der Waals surface area contributed by atoms with E-state index in [0.717, 1.165) is 243 Å². The summed E-state index contributed by atoms with van der Waals surface area (Å²) in [4.78, 5) is 0. The highest BCUT2D eigenvalue weighted by Gasteiger charge is 2.25. The minimum Gasteiger partial charge on any atom is -0.456 e. The molecule has 0 amide bonds. The third-order valence-corrected chi connectivity index (χ3v) is 31.0. The van der Waals surface area contributed by atoms with Crippen molar-refractivity contribution >= 4 is 217 Å². The van der Waals surface area contributed by atoms with E-state index in [4.69, 9.17) is 30.9 Å². The van der Waals surface area contributed by atoms with Crippen LogP contribution in [0.2, 0.25) is 0 Å². The first kappa shape index (κ1) is 80.2. The van der Waals surface area contributed by atoms with Gasteiger partial charge >= 0.3 is 0 Å². The number of benzene rings is 22. The molecule has 658 valence electrons. The van der Waals surface area contributed by atoms with Crippen LogP contribution in [-0.2, 0) is 0 Å². The monoisotopic (exact) mass is 1840 g/mol. The summed E-state index contributed by atoms with van der Waals surface area (Å²) >= 11 is 3.72. The van der Waals surface area contributed by atoms with Crippen molar-refractivity contribution in [3.05, 3.63) is 461 Å². The van der Waals surface area contributed by atoms with Crippen LogP contribution in [0.5, 0.6) is 0 Å². The summed E-state index contributed by atoms with van der Waals surface area (Å²) in [6.07, 6.45) is 0. The van der Waals surface area contributed by atoms with Gasteiger partial charge in [-0.1, -0.05) is 400 Å². The fourth-order valence-electron chi connectivity index (χ4n) is 21.8. The van der Waals surface area contributed by atoms with Crippen molar-refractivity contribution < 1.29 is 30.9 Å². The zero-order chi connectivity index (χ0) is 92.4. The van der Waals surface area contributed by atoms with Crippen molar-refractivity contribution in [2.24, 2.45) is 0 Å². The minimum atomic E-state index is 0.876. The molecule has 9 heteroatoms. The van der Waals surface area contributed by atoms with Crippen LogP contribution in [0.3, 0.4) is 0 Å². The van der Waals surface area contributed by atoms with E-state index in [-0.39, 0.29) is 0 Å². The van der Waals surface area contributed by atoms with E-state index >= 15 is 0 Å². The van der Waals surface area contributed by atoms with Gasteiger partial charge < -0.3 is 30.9 Å². The zero-order valence-electron chi connectivity index (χ0n) is 75.6. The SMILES string of the molecule is c1ccc2c(c1)oc1c(-c3ccc(-c4cccc5c4oc4c(-c6ccc(-c7cccc8c7oc7ccccc78)cc6)cccc45)cc3)cccc12.c1ccc2c(c1)oc1c(-c3cccc4c3oc3c(-c5ccc(-c6ccc7sc8ccccc8c7c6)cc5)cccc34)cccc12.c1ccc2c(c1)oc1cc(-c3cccc4c3oc3c(-c5ccc(-c6cccc7c6sc6ccccc67)cc5)cccc34)ccc12. The van der Waals surface area contributed by atoms with E-state index in [1.165, 1.54) is 62.6 Å². The van der Waals surface area contributed by atoms with Gasteiger partial charge in [-0.05, 0) is 122 Å². The molecule has 0 aliphatic heterocycles. The standard InChI is InChI=1S/C48H28O3.2C42H24O2S/c1-3-19-43-37(9-1)39-15-5-11-33(45(39)49-43)29-21-25-31(26-22-29)35-13-7-17-41-42-18-8-14-36(48(42)51-47(35)41)32-27-23-30(24-28-32)34-12-6-16-40-38-10-2-4-20-44(38)50-46(34)40;1-3-16-37-31(8-1)32-23-22-27(24-38(32)43-37)29-11-6-14-35-34-13-5-10-28(40(34)44-41(29)35)25-18-20-26(21-19-25)30-12-7-15-36-33-9-2-4-17-39(33)45-42(30)36;1-3-16-37-29(8-1)31-11-6-13-33(41(31)43-37)35-15-7-14-34-32-12-5-10-28(40(32)44-42(34)35)26-20-18-25(19-21-26)27-22-23-39-36(24-27)30-9-2-4-17-38(30)45-39/h1-28H;2*1-24H. The number of rotatable bonds is 10.